The first-order valence-corrected chi connectivity index (χ1v) is 7.23. The van der Waals surface area contributed by atoms with Gasteiger partial charge in [0.15, 0.2) is 0 Å². The Kier molecular flexibility index (Phi) is 3.70. The van der Waals surface area contributed by atoms with E-state index in [0.717, 1.165) is 13.0 Å². The van der Waals surface area contributed by atoms with E-state index in [4.69, 9.17) is 0 Å². The maximum Gasteiger partial charge on any atom is 0.224 e. The van der Waals surface area contributed by atoms with Gasteiger partial charge >= 0.3 is 0 Å². The fourth-order valence-corrected chi connectivity index (χ4v) is 2.98. The molecule has 3 nitrogen and oxygen atoms in total. The molecule has 2 atom stereocenters. The van der Waals surface area contributed by atoms with Gasteiger partial charge in [-0.3, -0.25) is 4.79 Å². The average molecular weight is 268 g/mol. The lowest BCUT2D eigenvalue weighted by Gasteiger charge is -2.15. The molecule has 2 aromatic carbocycles. The molecule has 0 spiro atoms. The molecule has 1 fully saturated rings. The van der Waals surface area contributed by atoms with E-state index < -0.39 is 0 Å². The van der Waals surface area contributed by atoms with Gasteiger partial charge in [0.2, 0.25) is 5.91 Å². The zero-order valence-corrected chi connectivity index (χ0v) is 11.7. The third-order valence-corrected chi connectivity index (χ3v) is 4.19. The largest absolute Gasteiger partial charge is 0.352 e. The maximum atomic E-state index is 12.2. The van der Waals surface area contributed by atoms with Crippen molar-refractivity contribution in [1.29, 1.82) is 0 Å². The van der Waals surface area contributed by atoms with Crippen LogP contribution in [0.15, 0.2) is 42.5 Å². The quantitative estimate of drug-likeness (QED) is 0.898. The lowest BCUT2D eigenvalue weighted by atomic mass is 10.0. The van der Waals surface area contributed by atoms with E-state index in [9.17, 15) is 4.79 Å². The third kappa shape index (κ3) is 2.54. The van der Waals surface area contributed by atoms with Crippen molar-refractivity contribution < 1.29 is 4.79 Å². The number of benzene rings is 2. The van der Waals surface area contributed by atoms with Gasteiger partial charge in [0, 0.05) is 12.6 Å². The Labute approximate surface area is 119 Å². The van der Waals surface area contributed by atoms with Crippen molar-refractivity contribution in [3.63, 3.8) is 0 Å². The lowest BCUT2D eigenvalue weighted by molar-refractivity contribution is -0.125. The fourth-order valence-electron chi connectivity index (χ4n) is 2.98. The molecular formula is C17H20N2O. The summed E-state index contributed by atoms with van der Waals surface area (Å²) in [5, 5.41) is 8.84. The van der Waals surface area contributed by atoms with Crippen molar-refractivity contribution in [1.82, 2.24) is 10.6 Å². The third-order valence-electron chi connectivity index (χ3n) is 4.19. The number of fused-ring (bicyclic) bond motifs is 1. The van der Waals surface area contributed by atoms with Crippen molar-refractivity contribution >= 4 is 16.7 Å². The average Bonchev–Trinajstić information content (AvgIpc) is 2.91. The number of amides is 1. The molecule has 3 rings (SSSR count). The summed E-state index contributed by atoms with van der Waals surface area (Å²) >= 11 is 0. The van der Waals surface area contributed by atoms with Gasteiger partial charge in [0.1, 0.15) is 0 Å². The highest BCUT2D eigenvalue weighted by Gasteiger charge is 2.28. The van der Waals surface area contributed by atoms with Crippen molar-refractivity contribution in [2.75, 3.05) is 6.54 Å². The highest BCUT2D eigenvalue weighted by molar-refractivity contribution is 5.86. The van der Waals surface area contributed by atoms with Crippen LogP contribution in [-0.4, -0.2) is 18.5 Å². The standard InChI is InChI=1S/C17H20N2O/c1-12-15(9-10-18-12)17(20)19-11-14-7-4-6-13-5-2-3-8-16(13)14/h2-8,12,15,18H,9-11H2,1H3,(H,19,20). The Bertz CT molecular complexity index is 618. The fraction of sp³-hybridized carbons (Fsp3) is 0.353. The number of rotatable bonds is 3. The van der Waals surface area contributed by atoms with Crippen LogP contribution in [-0.2, 0) is 11.3 Å². The molecule has 0 bridgehead atoms. The molecule has 20 heavy (non-hydrogen) atoms. The summed E-state index contributed by atoms with van der Waals surface area (Å²) in [7, 11) is 0. The van der Waals surface area contributed by atoms with Crippen LogP contribution in [0.4, 0.5) is 0 Å². The molecule has 0 saturated carbocycles. The molecule has 1 amide bonds. The Morgan fingerprint density at radius 2 is 2.05 bits per heavy atom. The molecule has 2 unspecified atom stereocenters. The van der Waals surface area contributed by atoms with Crippen LogP contribution in [0, 0.1) is 5.92 Å². The molecule has 1 saturated heterocycles. The van der Waals surface area contributed by atoms with Crippen LogP contribution in [0.3, 0.4) is 0 Å². The first-order chi connectivity index (χ1) is 9.75. The molecule has 1 aliphatic rings. The Morgan fingerprint density at radius 3 is 2.85 bits per heavy atom. The number of hydrogen-bond donors (Lipinski definition) is 2. The highest BCUT2D eigenvalue weighted by atomic mass is 16.1. The number of carbonyl (C=O) groups excluding carboxylic acids is 1. The molecule has 104 valence electrons. The molecule has 0 aromatic heterocycles. The molecule has 2 N–H and O–H groups in total. The number of hydrogen-bond acceptors (Lipinski definition) is 2. The van der Waals surface area contributed by atoms with Gasteiger partial charge in [0.05, 0.1) is 5.92 Å². The van der Waals surface area contributed by atoms with Crippen LogP contribution in [0.1, 0.15) is 18.9 Å². The highest BCUT2D eigenvalue weighted by Crippen LogP contribution is 2.19. The van der Waals surface area contributed by atoms with Crippen LogP contribution in [0.2, 0.25) is 0 Å². The molecule has 3 heteroatoms. The second-order valence-electron chi connectivity index (χ2n) is 5.49. The van der Waals surface area contributed by atoms with E-state index in [0.29, 0.717) is 6.54 Å². The minimum absolute atomic E-state index is 0.102. The van der Waals surface area contributed by atoms with Gasteiger partial charge in [-0.25, -0.2) is 0 Å². The van der Waals surface area contributed by atoms with Gasteiger partial charge < -0.3 is 10.6 Å². The molecule has 1 heterocycles. The van der Waals surface area contributed by atoms with Crippen molar-refractivity contribution in [2.24, 2.45) is 5.92 Å². The SMILES string of the molecule is CC1NCCC1C(=O)NCc1cccc2ccccc12. The predicted octanol–water partition coefficient (Wildman–Crippen LogP) is 2.45. The maximum absolute atomic E-state index is 12.2. The topological polar surface area (TPSA) is 41.1 Å². The molecule has 1 aliphatic heterocycles. The van der Waals surface area contributed by atoms with E-state index >= 15 is 0 Å². The Balaban J connectivity index is 1.72. The van der Waals surface area contributed by atoms with Crippen molar-refractivity contribution in [2.45, 2.75) is 25.9 Å². The first kappa shape index (κ1) is 13.1. The predicted molar refractivity (Wildman–Crippen MR) is 81.4 cm³/mol. The van der Waals surface area contributed by atoms with Gasteiger partial charge in [-0.2, -0.15) is 0 Å². The van der Waals surface area contributed by atoms with Crippen LogP contribution >= 0.6 is 0 Å². The summed E-state index contributed by atoms with van der Waals surface area (Å²) in [5.41, 5.74) is 1.18. The molecule has 0 aliphatic carbocycles. The van der Waals surface area contributed by atoms with Gasteiger partial charge in [-0.1, -0.05) is 42.5 Å². The normalized spacial score (nSPS) is 22.1. The zero-order chi connectivity index (χ0) is 13.9. The van der Waals surface area contributed by atoms with E-state index in [1.165, 1.54) is 16.3 Å². The van der Waals surface area contributed by atoms with E-state index in [2.05, 4.69) is 41.8 Å². The Hall–Kier alpha value is -1.87. The summed E-state index contributed by atoms with van der Waals surface area (Å²) in [5.74, 6) is 0.264. The molecular weight excluding hydrogens is 248 g/mol. The van der Waals surface area contributed by atoms with Crippen LogP contribution < -0.4 is 10.6 Å². The summed E-state index contributed by atoms with van der Waals surface area (Å²) in [6.07, 6.45) is 0.933. The van der Waals surface area contributed by atoms with Crippen molar-refractivity contribution in [3.8, 4) is 0 Å². The monoisotopic (exact) mass is 268 g/mol. The van der Waals surface area contributed by atoms with Gasteiger partial charge in [0.25, 0.3) is 0 Å². The summed E-state index contributed by atoms with van der Waals surface area (Å²) in [6.45, 7) is 3.62. The van der Waals surface area contributed by atoms with Crippen LogP contribution in [0.5, 0.6) is 0 Å². The van der Waals surface area contributed by atoms with Crippen molar-refractivity contribution in [3.05, 3.63) is 48.0 Å². The minimum atomic E-state index is 0.102. The smallest absolute Gasteiger partial charge is 0.224 e. The van der Waals surface area contributed by atoms with Gasteiger partial charge in [-0.15, -0.1) is 0 Å². The van der Waals surface area contributed by atoms with Crippen LogP contribution in [0.25, 0.3) is 10.8 Å². The van der Waals surface area contributed by atoms with E-state index in [-0.39, 0.29) is 17.9 Å². The number of carbonyl (C=O) groups is 1. The van der Waals surface area contributed by atoms with E-state index in [1.54, 1.807) is 0 Å². The Morgan fingerprint density at radius 1 is 1.25 bits per heavy atom. The second kappa shape index (κ2) is 5.63. The summed E-state index contributed by atoms with van der Waals surface area (Å²) in [4.78, 5) is 12.2. The molecule has 0 radical (unpaired) electrons. The zero-order valence-electron chi connectivity index (χ0n) is 11.7. The number of nitrogens with one attached hydrogen (secondary N) is 2. The van der Waals surface area contributed by atoms with Gasteiger partial charge in [-0.05, 0) is 36.2 Å². The minimum Gasteiger partial charge on any atom is -0.352 e. The summed E-state index contributed by atoms with van der Waals surface area (Å²) < 4.78 is 0. The lowest BCUT2D eigenvalue weighted by Crippen LogP contribution is -2.36. The second-order valence-corrected chi connectivity index (χ2v) is 5.49. The molecule has 2 aromatic rings. The summed E-state index contributed by atoms with van der Waals surface area (Å²) in [6, 6.07) is 14.8. The first-order valence-electron chi connectivity index (χ1n) is 7.23. The van der Waals surface area contributed by atoms with E-state index in [1.807, 2.05) is 18.2 Å².